The maximum absolute atomic E-state index is 13.3. The van der Waals surface area contributed by atoms with Crippen LogP contribution in [0.3, 0.4) is 0 Å². The summed E-state index contributed by atoms with van der Waals surface area (Å²) in [6.07, 6.45) is 1.54. The first kappa shape index (κ1) is 10.6. The monoisotopic (exact) mass is 221 g/mol. The van der Waals surface area contributed by atoms with Gasteiger partial charge < -0.3 is 9.84 Å². The lowest BCUT2D eigenvalue weighted by Gasteiger charge is -2.05. The molecule has 0 saturated heterocycles. The molecule has 0 fully saturated rings. The molecule has 5 heteroatoms. The molecule has 4 nitrogen and oxygen atoms in total. The highest BCUT2D eigenvalue weighted by Crippen LogP contribution is 2.15. The predicted octanol–water partition coefficient (Wildman–Crippen LogP) is 2.44. The molecule has 0 aliphatic carbocycles. The summed E-state index contributed by atoms with van der Waals surface area (Å²) in [6.45, 7) is 4.13. The van der Waals surface area contributed by atoms with Crippen LogP contribution in [0, 0.1) is 19.7 Å². The number of aromatic nitrogens is 2. The standard InChI is InChI=1S/C11H12FN3O/c1-7-9(8(2)16-15-7)6-14-11-10(12)4-3-5-13-11/h3-5H,6H2,1-2H3,(H,13,14). The molecule has 0 saturated carbocycles. The van der Waals surface area contributed by atoms with E-state index in [1.165, 1.54) is 6.07 Å². The third kappa shape index (κ3) is 2.03. The van der Waals surface area contributed by atoms with E-state index in [2.05, 4.69) is 15.5 Å². The third-order valence-corrected chi connectivity index (χ3v) is 2.37. The number of hydrogen-bond acceptors (Lipinski definition) is 4. The van der Waals surface area contributed by atoms with Crippen LogP contribution < -0.4 is 5.32 Å². The van der Waals surface area contributed by atoms with Gasteiger partial charge in [0.25, 0.3) is 0 Å². The molecule has 0 aliphatic heterocycles. The molecule has 0 spiro atoms. The van der Waals surface area contributed by atoms with Crippen molar-refractivity contribution in [3.8, 4) is 0 Å². The van der Waals surface area contributed by atoms with Crippen molar-refractivity contribution >= 4 is 5.82 Å². The van der Waals surface area contributed by atoms with E-state index in [4.69, 9.17) is 4.52 Å². The molecule has 2 aromatic rings. The molecule has 0 aliphatic rings. The summed E-state index contributed by atoms with van der Waals surface area (Å²) < 4.78 is 18.3. The van der Waals surface area contributed by atoms with Crippen LogP contribution in [-0.2, 0) is 6.54 Å². The minimum atomic E-state index is -0.366. The molecule has 2 rings (SSSR count). The zero-order valence-electron chi connectivity index (χ0n) is 9.12. The van der Waals surface area contributed by atoms with E-state index in [-0.39, 0.29) is 11.6 Å². The Bertz CT molecular complexity index is 476. The normalized spacial score (nSPS) is 10.4. The summed E-state index contributed by atoms with van der Waals surface area (Å²) in [5, 5.41) is 6.73. The van der Waals surface area contributed by atoms with Gasteiger partial charge in [-0.2, -0.15) is 0 Å². The highest BCUT2D eigenvalue weighted by molar-refractivity contribution is 5.37. The summed E-state index contributed by atoms with van der Waals surface area (Å²) in [4.78, 5) is 3.90. The number of aryl methyl sites for hydroxylation is 2. The van der Waals surface area contributed by atoms with Crippen LogP contribution in [0.15, 0.2) is 22.9 Å². The lowest BCUT2D eigenvalue weighted by atomic mass is 10.2. The molecular formula is C11H12FN3O. The van der Waals surface area contributed by atoms with Crippen LogP contribution in [0.25, 0.3) is 0 Å². The first-order chi connectivity index (χ1) is 7.68. The van der Waals surface area contributed by atoms with Crippen molar-refractivity contribution in [2.24, 2.45) is 0 Å². The van der Waals surface area contributed by atoms with Gasteiger partial charge in [0.15, 0.2) is 11.6 Å². The Kier molecular flexibility index (Phi) is 2.85. The van der Waals surface area contributed by atoms with Crippen LogP contribution in [0.2, 0.25) is 0 Å². The second-order valence-electron chi connectivity index (χ2n) is 3.49. The van der Waals surface area contributed by atoms with E-state index in [0.29, 0.717) is 6.54 Å². The summed E-state index contributed by atoms with van der Waals surface area (Å²) in [7, 11) is 0. The van der Waals surface area contributed by atoms with Crippen molar-refractivity contribution in [3.05, 3.63) is 41.2 Å². The molecule has 16 heavy (non-hydrogen) atoms. The number of hydrogen-bond donors (Lipinski definition) is 1. The van der Waals surface area contributed by atoms with Crippen LogP contribution in [-0.4, -0.2) is 10.1 Å². The van der Waals surface area contributed by atoms with Gasteiger partial charge in [0.2, 0.25) is 0 Å². The van der Waals surface area contributed by atoms with Gasteiger partial charge in [0.1, 0.15) is 5.76 Å². The van der Waals surface area contributed by atoms with Gasteiger partial charge in [0.05, 0.1) is 5.69 Å². The summed E-state index contributed by atoms with van der Waals surface area (Å²) in [5.74, 6) is 0.609. The number of nitrogens with one attached hydrogen (secondary N) is 1. The Labute approximate surface area is 92.5 Å². The van der Waals surface area contributed by atoms with Gasteiger partial charge in [-0.1, -0.05) is 5.16 Å². The van der Waals surface area contributed by atoms with Crippen molar-refractivity contribution in [1.82, 2.24) is 10.1 Å². The number of halogens is 1. The van der Waals surface area contributed by atoms with E-state index in [1.807, 2.05) is 13.8 Å². The van der Waals surface area contributed by atoms with Crippen molar-refractivity contribution in [2.45, 2.75) is 20.4 Å². The lowest BCUT2D eigenvalue weighted by Crippen LogP contribution is -2.04. The van der Waals surface area contributed by atoms with Gasteiger partial charge in [-0.15, -0.1) is 0 Å². The fourth-order valence-corrected chi connectivity index (χ4v) is 1.44. The third-order valence-electron chi connectivity index (χ3n) is 2.37. The van der Waals surface area contributed by atoms with Crippen LogP contribution in [0.5, 0.6) is 0 Å². The van der Waals surface area contributed by atoms with E-state index in [9.17, 15) is 4.39 Å². The molecule has 84 valence electrons. The first-order valence-electron chi connectivity index (χ1n) is 4.94. The maximum atomic E-state index is 13.3. The second-order valence-corrected chi connectivity index (χ2v) is 3.49. The number of anilines is 1. The fourth-order valence-electron chi connectivity index (χ4n) is 1.44. The molecule has 1 N–H and O–H groups in total. The average Bonchev–Trinajstić information content (AvgIpc) is 2.58. The fraction of sp³-hybridized carbons (Fsp3) is 0.273. The minimum absolute atomic E-state index is 0.238. The Morgan fingerprint density at radius 3 is 2.88 bits per heavy atom. The van der Waals surface area contributed by atoms with Crippen molar-refractivity contribution in [3.63, 3.8) is 0 Å². The quantitative estimate of drug-likeness (QED) is 0.864. The van der Waals surface area contributed by atoms with E-state index in [1.54, 1.807) is 12.3 Å². The highest BCUT2D eigenvalue weighted by atomic mass is 19.1. The smallest absolute Gasteiger partial charge is 0.165 e. The zero-order valence-corrected chi connectivity index (χ0v) is 9.12. The van der Waals surface area contributed by atoms with Gasteiger partial charge in [-0.25, -0.2) is 9.37 Å². The second kappa shape index (κ2) is 4.30. The molecule has 2 heterocycles. The number of rotatable bonds is 3. The van der Waals surface area contributed by atoms with E-state index in [0.717, 1.165) is 17.0 Å². The summed E-state index contributed by atoms with van der Waals surface area (Å²) >= 11 is 0. The maximum Gasteiger partial charge on any atom is 0.165 e. The van der Waals surface area contributed by atoms with Crippen LogP contribution in [0.4, 0.5) is 10.2 Å². The Morgan fingerprint density at radius 1 is 1.44 bits per heavy atom. The molecule has 0 radical (unpaired) electrons. The van der Waals surface area contributed by atoms with Crippen molar-refractivity contribution in [2.75, 3.05) is 5.32 Å². The van der Waals surface area contributed by atoms with Gasteiger partial charge in [0, 0.05) is 18.3 Å². The Hall–Kier alpha value is -1.91. The molecule has 0 amide bonds. The lowest BCUT2D eigenvalue weighted by molar-refractivity contribution is 0.392. The SMILES string of the molecule is Cc1noc(C)c1CNc1ncccc1F. The van der Waals surface area contributed by atoms with Crippen LogP contribution in [0.1, 0.15) is 17.0 Å². The molecular weight excluding hydrogens is 209 g/mol. The Morgan fingerprint density at radius 2 is 2.25 bits per heavy atom. The molecule has 0 aromatic carbocycles. The number of pyridine rings is 1. The van der Waals surface area contributed by atoms with E-state index < -0.39 is 0 Å². The first-order valence-corrected chi connectivity index (χ1v) is 4.94. The van der Waals surface area contributed by atoms with Crippen LogP contribution >= 0.6 is 0 Å². The molecule has 0 unspecified atom stereocenters. The molecule has 2 aromatic heterocycles. The molecule has 0 bridgehead atoms. The van der Waals surface area contributed by atoms with Crippen molar-refractivity contribution in [1.29, 1.82) is 0 Å². The summed E-state index contributed by atoms with van der Waals surface area (Å²) in [6, 6.07) is 2.92. The highest BCUT2D eigenvalue weighted by Gasteiger charge is 2.09. The van der Waals surface area contributed by atoms with Gasteiger partial charge in [-0.05, 0) is 26.0 Å². The number of nitrogens with zero attached hydrogens (tertiary/aromatic N) is 2. The Balaban J connectivity index is 2.11. The van der Waals surface area contributed by atoms with Gasteiger partial charge >= 0.3 is 0 Å². The molecule has 0 atom stereocenters. The van der Waals surface area contributed by atoms with E-state index >= 15 is 0 Å². The predicted molar refractivity (Wildman–Crippen MR) is 57.5 cm³/mol. The topological polar surface area (TPSA) is 51.0 Å². The van der Waals surface area contributed by atoms with Gasteiger partial charge in [-0.3, -0.25) is 0 Å². The summed E-state index contributed by atoms with van der Waals surface area (Å²) in [5.41, 5.74) is 1.74. The average molecular weight is 221 g/mol. The zero-order chi connectivity index (χ0) is 11.5. The largest absolute Gasteiger partial charge is 0.363 e. The van der Waals surface area contributed by atoms with Crippen molar-refractivity contribution < 1.29 is 8.91 Å². The minimum Gasteiger partial charge on any atom is -0.363 e.